The molecule has 1 amide bonds. The molecule has 4 heteroatoms. The summed E-state index contributed by atoms with van der Waals surface area (Å²) in [6.07, 6.45) is 2.48. The van der Waals surface area contributed by atoms with Crippen molar-refractivity contribution in [2.24, 2.45) is 0 Å². The average molecular weight is 285 g/mol. The van der Waals surface area contributed by atoms with Crippen molar-refractivity contribution in [2.75, 3.05) is 19.7 Å². The molecule has 0 aliphatic carbocycles. The maximum Gasteiger partial charge on any atom is 0.289 e. The molecule has 0 radical (unpaired) electrons. The Morgan fingerprint density at radius 1 is 1.29 bits per heavy atom. The van der Waals surface area contributed by atoms with Gasteiger partial charge in [0, 0.05) is 6.54 Å². The Kier molecular flexibility index (Phi) is 4.06. The molecule has 1 atom stereocenters. The molecule has 0 bridgehead atoms. The van der Waals surface area contributed by atoms with Gasteiger partial charge in [-0.2, -0.15) is 0 Å². The summed E-state index contributed by atoms with van der Waals surface area (Å²) in [7, 11) is 0. The van der Waals surface area contributed by atoms with Crippen molar-refractivity contribution >= 4 is 5.91 Å². The third kappa shape index (κ3) is 3.00. The van der Waals surface area contributed by atoms with E-state index in [1.807, 2.05) is 0 Å². The van der Waals surface area contributed by atoms with Gasteiger partial charge in [-0.25, -0.2) is 0 Å². The predicted octanol–water partition coefficient (Wildman–Crippen LogP) is 3.06. The lowest BCUT2D eigenvalue weighted by molar-refractivity contribution is -0.0237. The Hall–Kier alpha value is -2.07. The van der Waals surface area contributed by atoms with Crippen LogP contribution in [-0.2, 0) is 11.2 Å². The normalized spacial score (nSPS) is 18.7. The number of hydrogen-bond donors (Lipinski definition) is 0. The quantitative estimate of drug-likeness (QED) is 0.870. The maximum atomic E-state index is 12.3. The van der Waals surface area contributed by atoms with Crippen molar-refractivity contribution < 1.29 is 13.9 Å². The highest BCUT2D eigenvalue weighted by atomic mass is 16.5. The number of carbonyl (C=O) groups is 1. The van der Waals surface area contributed by atoms with Crippen LogP contribution in [0.5, 0.6) is 0 Å². The molecule has 1 aliphatic rings. The van der Waals surface area contributed by atoms with E-state index in [2.05, 4.69) is 31.2 Å². The van der Waals surface area contributed by atoms with Gasteiger partial charge in [-0.1, -0.05) is 31.2 Å². The van der Waals surface area contributed by atoms with Crippen molar-refractivity contribution in [1.82, 2.24) is 4.90 Å². The van der Waals surface area contributed by atoms with Crippen LogP contribution in [0.25, 0.3) is 0 Å². The lowest BCUT2D eigenvalue weighted by atomic mass is 10.0. The minimum Gasteiger partial charge on any atom is -0.459 e. The number of benzene rings is 1. The number of morpholine rings is 1. The molecule has 21 heavy (non-hydrogen) atoms. The van der Waals surface area contributed by atoms with Gasteiger partial charge in [0.2, 0.25) is 0 Å². The minimum atomic E-state index is -0.0709. The summed E-state index contributed by atoms with van der Waals surface area (Å²) >= 11 is 0. The van der Waals surface area contributed by atoms with Crippen LogP contribution in [0.3, 0.4) is 0 Å². The molecule has 3 rings (SSSR count). The van der Waals surface area contributed by atoms with Crippen molar-refractivity contribution in [3.05, 3.63) is 59.5 Å². The fraction of sp³-hybridized carbons (Fsp3) is 0.353. The number of aryl methyl sites for hydroxylation is 1. The number of carbonyl (C=O) groups excluding carboxylic acids is 1. The molecule has 2 aromatic rings. The summed E-state index contributed by atoms with van der Waals surface area (Å²) in [6.45, 7) is 3.84. The Labute approximate surface area is 124 Å². The first-order valence-electron chi connectivity index (χ1n) is 7.31. The lowest BCUT2D eigenvalue weighted by Gasteiger charge is -2.32. The largest absolute Gasteiger partial charge is 0.459 e. The number of nitrogens with zero attached hydrogens (tertiary/aromatic N) is 1. The van der Waals surface area contributed by atoms with Crippen LogP contribution in [0, 0.1) is 0 Å². The van der Waals surface area contributed by atoms with Crippen LogP contribution in [0.1, 0.15) is 34.7 Å². The second-order valence-electron chi connectivity index (χ2n) is 5.18. The smallest absolute Gasteiger partial charge is 0.289 e. The summed E-state index contributed by atoms with van der Waals surface area (Å²) in [6, 6.07) is 11.8. The molecule has 110 valence electrons. The van der Waals surface area contributed by atoms with E-state index in [0.29, 0.717) is 25.5 Å². The molecule has 0 spiro atoms. The van der Waals surface area contributed by atoms with Gasteiger partial charge in [0.05, 0.1) is 19.4 Å². The van der Waals surface area contributed by atoms with Crippen molar-refractivity contribution in [3.63, 3.8) is 0 Å². The van der Waals surface area contributed by atoms with Crippen molar-refractivity contribution in [2.45, 2.75) is 19.4 Å². The van der Waals surface area contributed by atoms with Crippen LogP contribution in [0.15, 0.2) is 47.1 Å². The number of ether oxygens (including phenoxy) is 1. The third-order valence-corrected chi connectivity index (χ3v) is 3.85. The number of amides is 1. The van der Waals surface area contributed by atoms with Gasteiger partial charge in [-0.15, -0.1) is 0 Å². The SMILES string of the molecule is CCc1ccc(C2CN(C(=O)c3ccco3)CCO2)cc1. The topological polar surface area (TPSA) is 42.7 Å². The van der Waals surface area contributed by atoms with Crippen LogP contribution >= 0.6 is 0 Å². The number of furan rings is 1. The number of hydrogen-bond acceptors (Lipinski definition) is 3. The molecular weight excluding hydrogens is 266 g/mol. The average Bonchev–Trinajstić information content (AvgIpc) is 3.09. The van der Waals surface area contributed by atoms with Gasteiger partial charge < -0.3 is 14.1 Å². The molecule has 1 unspecified atom stereocenters. The molecular formula is C17H19NO3. The van der Waals surface area contributed by atoms with E-state index in [9.17, 15) is 4.79 Å². The predicted molar refractivity (Wildman–Crippen MR) is 79.1 cm³/mol. The summed E-state index contributed by atoms with van der Waals surface area (Å²) in [5.41, 5.74) is 2.42. The van der Waals surface area contributed by atoms with Crippen LogP contribution in [-0.4, -0.2) is 30.5 Å². The highest BCUT2D eigenvalue weighted by Gasteiger charge is 2.27. The zero-order valence-electron chi connectivity index (χ0n) is 12.1. The molecule has 4 nitrogen and oxygen atoms in total. The lowest BCUT2D eigenvalue weighted by Crippen LogP contribution is -2.42. The Morgan fingerprint density at radius 3 is 2.76 bits per heavy atom. The number of rotatable bonds is 3. The summed E-state index contributed by atoms with van der Waals surface area (Å²) in [5.74, 6) is 0.315. The van der Waals surface area contributed by atoms with Crippen LogP contribution in [0.2, 0.25) is 0 Å². The zero-order valence-corrected chi connectivity index (χ0v) is 12.1. The zero-order chi connectivity index (χ0) is 14.7. The molecule has 2 heterocycles. The maximum absolute atomic E-state index is 12.3. The molecule has 0 N–H and O–H groups in total. The van der Waals surface area contributed by atoms with E-state index in [-0.39, 0.29) is 12.0 Å². The van der Waals surface area contributed by atoms with E-state index in [1.54, 1.807) is 17.0 Å². The van der Waals surface area contributed by atoms with Gasteiger partial charge in [0.1, 0.15) is 6.10 Å². The molecule has 1 aromatic heterocycles. The first kappa shape index (κ1) is 13.9. The molecule has 1 aliphatic heterocycles. The van der Waals surface area contributed by atoms with E-state index in [1.165, 1.54) is 11.8 Å². The Bertz CT molecular complexity index is 589. The Balaban J connectivity index is 1.71. The highest BCUT2D eigenvalue weighted by Crippen LogP contribution is 2.23. The summed E-state index contributed by atoms with van der Waals surface area (Å²) < 4.78 is 11.0. The fourth-order valence-electron chi connectivity index (χ4n) is 2.56. The second-order valence-corrected chi connectivity index (χ2v) is 5.18. The van der Waals surface area contributed by atoms with Gasteiger partial charge in [0.15, 0.2) is 5.76 Å². The standard InChI is InChI=1S/C17H19NO3/c1-2-13-5-7-14(8-6-13)16-12-18(9-11-21-16)17(19)15-4-3-10-20-15/h3-8,10,16H,2,9,11-12H2,1H3. The van der Waals surface area contributed by atoms with Gasteiger partial charge in [-0.05, 0) is 29.7 Å². The highest BCUT2D eigenvalue weighted by molar-refractivity contribution is 5.91. The van der Waals surface area contributed by atoms with E-state index in [0.717, 1.165) is 12.0 Å². The van der Waals surface area contributed by atoms with Gasteiger partial charge in [0.25, 0.3) is 5.91 Å². The minimum absolute atomic E-state index is 0.0661. The van der Waals surface area contributed by atoms with E-state index >= 15 is 0 Å². The van der Waals surface area contributed by atoms with Gasteiger partial charge >= 0.3 is 0 Å². The first-order chi connectivity index (χ1) is 10.3. The Morgan fingerprint density at radius 2 is 2.10 bits per heavy atom. The fourth-order valence-corrected chi connectivity index (χ4v) is 2.56. The van der Waals surface area contributed by atoms with Crippen molar-refractivity contribution in [1.29, 1.82) is 0 Å². The van der Waals surface area contributed by atoms with E-state index < -0.39 is 0 Å². The van der Waals surface area contributed by atoms with Crippen LogP contribution in [0.4, 0.5) is 0 Å². The van der Waals surface area contributed by atoms with Crippen molar-refractivity contribution in [3.8, 4) is 0 Å². The van der Waals surface area contributed by atoms with Crippen LogP contribution < -0.4 is 0 Å². The van der Waals surface area contributed by atoms with E-state index in [4.69, 9.17) is 9.15 Å². The second kappa shape index (κ2) is 6.14. The molecule has 0 saturated carbocycles. The summed E-state index contributed by atoms with van der Waals surface area (Å²) in [5, 5.41) is 0. The summed E-state index contributed by atoms with van der Waals surface area (Å²) in [4.78, 5) is 14.1. The first-order valence-corrected chi connectivity index (χ1v) is 7.31. The monoisotopic (exact) mass is 285 g/mol. The molecule has 1 fully saturated rings. The van der Waals surface area contributed by atoms with Gasteiger partial charge in [-0.3, -0.25) is 4.79 Å². The third-order valence-electron chi connectivity index (χ3n) is 3.85. The molecule has 1 aromatic carbocycles. The molecule has 1 saturated heterocycles.